The van der Waals surface area contributed by atoms with Crippen LogP contribution in [0.1, 0.15) is 89.4 Å². The highest BCUT2D eigenvalue weighted by Gasteiger charge is 2.20. The van der Waals surface area contributed by atoms with Gasteiger partial charge in [-0.2, -0.15) is 0 Å². The number of hydrogen-bond acceptors (Lipinski definition) is 11. The third-order valence-electron chi connectivity index (χ3n) is 27.2. The molecule has 24 aromatic rings. The molecular weight excluding hydrogens is 1580 g/mol. The first-order valence-corrected chi connectivity index (χ1v) is 43.5. The van der Waals surface area contributed by atoms with Crippen LogP contribution in [-0.4, -0.2) is 91.4 Å². The first-order valence-electron chi connectivity index (χ1n) is 43.5. The molecule has 0 aliphatic rings. The molecule has 0 atom stereocenters. The van der Waals surface area contributed by atoms with Gasteiger partial charge in [-0.1, -0.05) is 66.7 Å². The first-order chi connectivity index (χ1) is 61.6. The van der Waals surface area contributed by atoms with Crippen LogP contribution in [0.4, 0.5) is 0 Å². The molecule has 0 aliphatic heterocycles. The van der Waals surface area contributed by atoms with Gasteiger partial charge in [0, 0.05) is 224 Å². The maximum absolute atomic E-state index is 4.57. The van der Waals surface area contributed by atoms with Gasteiger partial charge in [-0.25, -0.2) is 4.98 Å². The van der Waals surface area contributed by atoms with Crippen LogP contribution in [0.5, 0.6) is 0 Å². The molecule has 19 aromatic heterocycles. The second-order valence-electron chi connectivity index (χ2n) is 34.2. The number of aryl methyl sites for hydroxylation is 24. The quantitative estimate of drug-likeness (QED) is 0.141. The number of hydrogen-bond donors (Lipinski definition) is 0. The Kier molecular flexibility index (Phi) is 22.8. The zero-order chi connectivity index (χ0) is 90.3. The largest absolute Gasteiger partial charge is 0.343 e. The lowest BCUT2D eigenvalue weighted by molar-refractivity contribution is 0.983. The Hall–Kier alpha value is -14.9. The first kappa shape index (κ1) is 85.3. The van der Waals surface area contributed by atoms with E-state index in [-0.39, 0.29) is 0 Å². The third kappa shape index (κ3) is 14.5. The van der Waals surface area contributed by atoms with Crippen LogP contribution in [0.3, 0.4) is 0 Å². The Morgan fingerprint density at radius 3 is 1.02 bits per heavy atom. The molecule has 0 unspecified atom stereocenters. The van der Waals surface area contributed by atoms with Crippen molar-refractivity contribution in [1.82, 2.24) is 91.4 Å². The van der Waals surface area contributed by atoms with Crippen LogP contribution in [0.15, 0.2) is 226 Å². The number of benzene rings is 5. The summed E-state index contributed by atoms with van der Waals surface area (Å²) in [5.74, 6) is 0. The van der Waals surface area contributed by atoms with Crippen molar-refractivity contribution in [2.45, 2.75) is 111 Å². The van der Waals surface area contributed by atoms with E-state index in [1.807, 2.05) is 144 Å². The van der Waals surface area contributed by atoms with E-state index in [0.29, 0.717) is 0 Å². The predicted molar refractivity (Wildman–Crippen MR) is 535 cm³/mol. The maximum Gasteiger partial charge on any atom is 0.140 e. The van der Waals surface area contributed by atoms with E-state index in [4.69, 9.17) is 0 Å². The summed E-state index contributed by atoms with van der Waals surface area (Å²) in [5.41, 5.74) is 43.3. The normalized spacial score (nSPS) is 11.4. The number of rotatable bonds is 0. The minimum atomic E-state index is 1.04. The molecule has 19 nitrogen and oxygen atoms in total. The van der Waals surface area contributed by atoms with Crippen molar-refractivity contribution < 1.29 is 0 Å². The van der Waals surface area contributed by atoms with E-state index in [1.54, 1.807) is 0 Å². The fourth-order valence-corrected chi connectivity index (χ4v) is 19.1. The zero-order valence-electron chi connectivity index (χ0n) is 77.9. The summed E-state index contributed by atoms with van der Waals surface area (Å²) in [7, 11) is 16.8. The van der Waals surface area contributed by atoms with Gasteiger partial charge >= 0.3 is 0 Å². The minimum absolute atomic E-state index is 1.04. The van der Waals surface area contributed by atoms with Gasteiger partial charge in [-0.05, 0) is 250 Å². The van der Waals surface area contributed by atoms with Gasteiger partial charge in [0.25, 0.3) is 0 Å². The molecule has 0 radical (unpaired) electrons. The molecule has 24 rings (SSSR count). The van der Waals surface area contributed by atoms with Crippen LogP contribution in [0, 0.1) is 111 Å². The van der Waals surface area contributed by atoms with Crippen molar-refractivity contribution in [3.63, 3.8) is 0 Å². The maximum atomic E-state index is 4.57. The molecular formula is C109H109N19. The molecule has 19 heterocycles. The number of fused-ring (bicyclic) bond motifs is 24. The molecule has 0 saturated heterocycles. The molecule has 0 amide bonds. The molecule has 0 fully saturated rings. The lowest BCUT2D eigenvalue weighted by Gasteiger charge is -2.04. The van der Waals surface area contributed by atoms with E-state index in [9.17, 15) is 0 Å². The second kappa shape index (κ2) is 34.2. The highest BCUT2D eigenvalue weighted by Crippen LogP contribution is 2.38. The van der Waals surface area contributed by atoms with Crippen molar-refractivity contribution in [1.29, 1.82) is 0 Å². The summed E-state index contributed by atoms with van der Waals surface area (Å²) in [6, 6.07) is 46.5. The van der Waals surface area contributed by atoms with Gasteiger partial charge in [-0.3, -0.25) is 49.8 Å². The molecule has 128 heavy (non-hydrogen) atoms. The Bertz CT molecular complexity index is 7030. The topological polar surface area (TPSA) is 181 Å². The van der Waals surface area contributed by atoms with Crippen LogP contribution < -0.4 is 0 Å². The lowest BCUT2D eigenvalue weighted by Crippen LogP contribution is -1.93. The highest BCUT2D eigenvalue weighted by atomic mass is 15.0. The van der Waals surface area contributed by atoms with E-state index >= 15 is 0 Å². The van der Waals surface area contributed by atoms with E-state index in [1.165, 1.54) is 209 Å². The number of pyridine rings is 11. The van der Waals surface area contributed by atoms with Crippen LogP contribution >= 0.6 is 0 Å². The second-order valence-corrected chi connectivity index (χ2v) is 34.2. The number of nitrogens with zero attached hydrogens (tertiary/aromatic N) is 19. The van der Waals surface area contributed by atoms with Crippen LogP contribution in [0.2, 0.25) is 0 Å². The molecule has 0 N–H and O–H groups in total. The Labute approximate surface area is 744 Å². The van der Waals surface area contributed by atoms with Crippen LogP contribution in [-0.2, 0) is 56.4 Å². The minimum Gasteiger partial charge on any atom is -0.343 e. The third-order valence-corrected chi connectivity index (χ3v) is 27.2. The van der Waals surface area contributed by atoms with Gasteiger partial charge in [0.1, 0.15) is 5.65 Å². The van der Waals surface area contributed by atoms with E-state index < -0.39 is 0 Å². The Morgan fingerprint density at radius 1 is 0.172 bits per heavy atom. The van der Waals surface area contributed by atoms with Crippen molar-refractivity contribution in [2.24, 2.45) is 56.4 Å². The highest BCUT2D eigenvalue weighted by molar-refractivity contribution is 6.14. The number of aromatic nitrogens is 19. The molecule has 0 bridgehead atoms. The molecule has 19 heteroatoms. The lowest BCUT2D eigenvalue weighted by atomic mass is 10.1. The van der Waals surface area contributed by atoms with Crippen molar-refractivity contribution in [2.75, 3.05) is 0 Å². The molecule has 0 aliphatic carbocycles. The fourth-order valence-electron chi connectivity index (χ4n) is 19.1. The van der Waals surface area contributed by atoms with Crippen molar-refractivity contribution >= 4 is 175 Å². The van der Waals surface area contributed by atoms with Gasteiger partial charge < -0.3 is 36.5 Å². The van der Waals surface area contributed by atoms with Gasteiger partial charge in [-0.15, -0.1) is 0 Å². The summed E-state index contributed by atoms with van der Waals surface area (Å²) in [6.45, 7) is 34.1. The Balaban J connectivity index is 0.000000103. The summed E-state index contributed by atoms with van der Waals surface area (Å²) in [6.07, 6.45) is 28.4. The molecule has 0 spiro atoms. The summed E-state index contributed by atoms with van der Waals surface area (Å²) in [5, 5.41) is 16.1. The summed E-state index contributed by atoms with van der Waals surface area (Å²) < 4.78 is 17.8. The number of para-hydroxylation sites is 1. The average molecular weight is 1690 g/mol. The molecule has 0 saturated carbocycles. The monoisotopic (exact) mass is 1680 g/mol. The van der Waals surface area contributed by atoms with Crippen molar-refractivity contribution in [3.8, 4) is 0 Å². The average Bonchev–Trinajstić information content (AvgIpc) is 1.67. The summed E-state index contributed by atoms with van der Waals surface area (Å²) >= 11 is 0. The Morgan fingerprint density at radius 2 is 0.500 bits per heavy atom. The standard InChI is InChI=1S/5C14H14N2.3C13H13N3/c1-9-4-5-12-11-6-7-15-8-13(11)16(3)14(12)10(9)2;1-9-4-5-11-12-8-15-7-6-13(12)16(3)14(11)10(9)2;1-9-6-7-11-13-12(5-4-8-15-13)16(3)14(11)10(9)2;1-9-6-7-11-12-5-4-8-15-14(12)16(3)13(11)10(9)2;1-9-8-15-13-11-6-4-5-7-12(11)16(3)14(13)10(9)2;1-8-9(2)15-7-11-10-6-14-5-4-12(10)16(3)13(8)11;1-8-9(2)15-6-11-10-4-5-14-7-12(10)16(3)13(8)11;1-8-9(2)15-7-10-12-11(5-4-6-14-12)16(3)13(8)10/h5*4-8H,1-3H3;3*4-7H,1-3H3. The molecule has 5 aromatic carbocycles. The predicted octanol–water partition coefficient (Wildman–Crippen LogP) is 24.9. The fraction of sp³-hybridized carbons (Fsp3) is 0.220. The SMILES string of the molecule is Cc1ccc2c3cccnc3n(C)c2c1C.Cc1ccc2c3ccncc3n(C)c2c1C.Cc1ccc2c3cnccc3n(C)c2c1C.Cc1ccc2c3ncccc3n(C)c2c1C.Cc1cnc2c3ccccc3n(C)c2c1C.Cc1ncc2c3ccncc3n(C)c2c1C.Cc1ncc2c3cnccc3n(C)c2c1C.Cc1ncc2c3ncccc3n(C)c2c1C. The van der Waals surface area contributed by atoms with E-state index in [0.717, 1.165) is 55.7 Å². The van der Waals surface area contributed by atoms with Crippen molar-refractivity contribution in [3.05, 3.63) is 316 Å². The zero-order valence-corrected chi connectivity index (χ0v) is 77.9. The summed E-state index contributed by atoms with van der Waals surface area (Å²) in [4.78, 5) is 48.0. The van der Waals surface area contributed by atoms with Gasteiger partial charge in [0.05, 0.1) is 112 Å². The van der Waals surface area contributed by atoms with Gasteiger partial charge in [0.2, 0.25) is 0 Å². The van der Waals surface area contributed by atoms with Gasteiger partial charge in [0.15, 0.2) is 0 Å². The van der Waals surface area contributed by atoms with Crippen LogP contribution in [0.25, 0.3) is 175 Å². The molecule has 640 valence electrons. The van der Waals surface area contributed by atoms with E-state index in [2.05, 4.69) is 341 Å². The smallest absolute Gasteiger partial charge is 0.140 e.